The van der Waals surface area contributed by atoms with Gasteiger partial charge in [0.1, 0.15) is 5.82 Å². The van der Waals surface area contributed by atoms with E-state index in [4.69, 9.17) is 10.5 Å². The summed E-state index contributed by atoms with van der Waals surface area (Å²) in [5, 5.41) is 16.8. The molecule has 0 radical (unpaired) electrons. The van der Waals surface area contributed by atoms with Crippen LogP contribution in [0.15, 0.2) is 82.7 Å². The van der Waals surface area contributed by atoms with Crippen molar-refractivity contribution in [1.82, 2.24) is 14.6 Å². The number of nitriles is 1. The van der Waals surface area contributed by atoms with Crippen molar-refractivity contribution in [2.45, 2.75) is 37.5 Å². The molecule has 240 valence electrons. The van der Waals surface area contributed by atoms with E-state index in [9.17, 15) is 13.7 Å². The number of ether oxygens (including phenoxy) is 1. The van der Waals surface area contributed by atoms with E-state index in [2.05, 4.69) is 39.7 Å². The lowest BCUT2D eigenvalue weighted by atomic mass is 10.0. The second-order valence-corrected chi connectivity index (χ2v) is 13.5. The average Bonchev–Trinajstić information content (AvgIpc) is 3.04. The highest BCUT2D eigenvalue weighted by atomic mass is 32.2. The van der Waals surface area contributed by atoms with E-state index < -0.39 is 10.0 Å². The van der Waals surface area contributed by atoms with E-state index in [1.807, 2.05) is 30.3 Å². The van der Waals surface area contributed by atoms with Crippen molar-refractivity contribution in [2.75, 3.05) is 50.9 Å². The predicted octanol–water partition coefficient (Wildman–Crippen LogP) is 5.41. The zero-order chi connectivity index (χ0) is 32.5. The van der Waals surface area contributed by atoms with Crippen LogP contribution in [0, 0.1) is 17.2 Å². The van der Waals surface area contributed by atoms with Gasteiger partial charge in [-0.15, -0.1) is 0 Å². The third-order valence-corrected chi connectivity index (χ3v) is 9.91. The molecule has 1 fully saturated rings. The van der Waals surface area contributed by atoms with Gasteiger partial charge in [-0.3, -0.25) is 4.99 Å². The van der Waals surface area contributed by atoms with Gasteiger partial charge in [0.25, 0.3) is 0 Å². The van der Waals surface area contributed by atoms with Crippen LogP contribution >= 0.6 is 0 Å². The minimum atomic E-state index is -3.67. The molecule has 1 aromatic heterocycles. The molecule has 46 heavy (non-hydrogen) atoms. The summed E-state index contributed by atoms with van der Waals surface area (Å²) in [4.78, 5) is 9.46. The van der Waals surface area contributed by atoms with Gasteiger partial charge in [0.2, 0.25) is 10.0 Å². The number of methoxy groups -OCH3 is 1. The van der Waals surface area contributed by atoms with Crippen molar-refractivity contribution < 1.29 is 13.2 Å². The second-order valence-electron chi connectivity index (χ2n) is 11.5. The lowest BCUT2D eigenvalue weighted by Gasteiger charge is -2.38. The molecule has 0 unspecified atom stereocenters. The molecule has 0 saturated carbocycles. The molecule has 0 spiro atoms. The smallest absolute Gasteiger partial charge is 0.243 e. The van der Waals surface area contributed by atoms with Crippen LogP contribution < -0.4 is 16.4 Å². The Hall–Kier alpha value is -4.50. The summed E-state index contributed by atoms with van der Waals surface area (Å²) >= 11 is 0. The first-order valence-corrected chi connectivity index (χ1v) is 17.1. The number of nitrogens with one attached hydrogen (secondary N) is 2. The molecule has 1 aliphatic heterocycles. The van der Waals surface area contributed by atoms with E-state index in [-0.39, 0.29) is 10.8 Å². The van der Waals surface area contributed by atoms with Gasteiger partial charge in [-0.25, -0.2) is 13.4 Å². The standard InChI is InChI=1S/C35H41N7O3S/c1-3-4-5-9-30-18-29-14-13-28(20-33(29)41-34(30)37)27-10-7-12-32(19-27)46(43,44)42-23-26(24-42)22-39-35(38-15-16-45-2)40-31-11-6-8-25(17-31)21-36/h6-8,10-14,17-20,26H,3-5,9,15-16,22-24H2,1-2H3,(H2,37,41)(H2,38,39,40). The number of unbranched alkanes of at least 4 members (excludes halogenated alkanes) is 2. The maximum atomic E-state index is 13.6. The highest BCUT2D eigenvalue weighted by molar-refractivity contribution is 7.89. The first-order chi connectivity index (χ1) is 22.3. The number of nitrogens with zero attached hydrogens (tertiary/aromatic N) is 4. The fourth-order valence-corrected chi connectivity index (χ4v) is 7.08. The minimum Gasteiger partial charge on any atom is -0.383 e. The highest BCUT2D eigenvalue weighted by Gasteiger charge is 2.36. The zero-order valence-electron chi connectivity index (χ0n) is 26.4. The molecule has 1 aliphatic rings. The van der Waals surface area contributed by atoms with Crippen LogP contribution in [-0.2, 0) is 21.2 Å². The minimum absolute atomic E-state index is 0.113. The first kappa shape index (κ1) is 32.9. The Kier molecular flexibility index (Phi) is 10.9. The monoisotopic (exact) mass is 639 g/mol. The van der Waals surface area contributed by atoms with Gasteiger partial charge >= 0.3 is 0 Å². The van der Waals surface area contributed by atoms with E-state index in [1.165, 1.54) is 4.31 Å². The van der Waals surface area contributed by atoms with E-state index >= 15 is 0 Å². The number of nitrogen functional groups attached to an aromatic ring is 1. The summed E-state index contributed by atoms with van der Waals surface area (Å²) in [5.74, 6) is 1.21. The lowest BCUT2D eigenvalue weighted by Crippen LogP contribution is -2.54. The van der Waals surface area contributed by atoms with Gasteiger partial charge < -0.3 is 21.1 Å². The molecule has 10 nitrogen and oxygen atoms in total. The third-order valence-electron chi connectivity index (χ3n) is 8.09. The molecular formula is C35H41N7O3S. The Bertz CT molecular complexity index is 1850. The van der Waals surface area contributed by atoms with Gasteiger partial charge in [-0.05, 0) is 72.0 Å². The van der Waals surface area contributed by atoms with Crippen molar-refractivity contribution in [3.8, 4) is 17.2 Å². The molecule has 0 atom stereocenters. The summed E-state index contributed by atoms with van der Waals surface area (Å²) in [6, 6.07) is 24.4. The number of rotatable bonds is 13. The molecule has 4 N–H and O–H groups in total. The summed E-state index contributed by atoms with van der Waals surface area (Å²) in [6.45, 7) is 4.43. The van der Waals surface area contributed by atoms with E-state index in [0.717, 1.165) is 59.0 Å². The fourth-order valence-electron chi connectivity index (χ4n) is 5.44. The van der Waals surface area contributed by atoms with E-state index in [0.29, 0.717) is 50.1 Å². The Morgan fingerprint density at radius 2 is 1.89 bits per heavy atom. The molecular weight excluding hydrogens is 598 g/mol. The van der Waals surface area contributed by atoms with Crippen LogP contribution in [0.3, 0.4) is 0 Å². The van der Waals surface area contributed by atoms with E-state index in [1.54, 1.807) is 43.5 Å². The van der Waals surface area contributed by atoms with Crippen molar-refractivity contribution in [3.05, 3.63) is 83.9 Å². The SMILES string of the molecule is CCCCCc1cc2ccc(-c3cccc(S(=O)(=O)N4CC(CN/C(=N\CCOC)Nc5cccc(C#N)c5)C4)c3)cc2nc1N. The van der Waals surface area contributed by atoms with Crippen molar-refractivity contribution in [3.63, 3.8) is 0 Å². The third kappa shape index (κ3) is 8.01. The summed E-state index contributed by atoms with van der Waals surface area (Å²) in [5.41, 5.74) is 11.1. The van der Waals surface area contributed by atoms with Gasteiger partial charge in [0.05, 0.1) is 35.2 Å². The molecule has 5 rings (SSSR count). The van der Waals surface area contributed by atoms with Gasteiger partial charge in [0, 0.05) is 43.7 Å². The Morgan fingerprint density at radius 3 is 2.67 bits per heavy atom. The number of pyridine rings is 1. The maximum absolute atomic E-state index is 13.6. The Labute approximate surface area is 271 Å². The van der Waals surface area contributed by atoms with Crippen LogP contribution in [0.5, 0.6) is 0 Å². The van der Waals surface area contributed by atoms with Crippen LogP contribution in [0.25, 0.3) is 22.0 Å². The number of hydrogen-bond donors (Lipinski definition) is 3. The number of guanidine groups is 1. The summed E-state index contributed by atoms with van der Waals surface area (Å²) in [7, 11) is -2.05. The van der Waals surface area contributed by atoms with Crippen LogP contribution in [-0.4, -0.2) is 63.6 Å². The summed E-state index contributed by atoms with van der Waals surface area (Å²) in [6.07, 6.45) is 4.31. The van der Waals surface area contributed by atoms with Crippen molar-refractivity contribution in [1.29, 1.82) is 5.26 Å². The Balaban J connectivity index is 1.22. The van der Waals surface area contributed by atoms with Crippen LogP contribution in [0.4, 0.5) is 11.5 Å². The van der Waals surface area contributed by atoms with Gasteiger partial charge in [-0.2, -0.15) is 9.57 Å². The number of fused-ring (bicyclic) bond motifs is 1. The number of aliphatic imine (C=N–C) groups is 1. The number of hydrogen-bond acceptors (Lipinski definition) is 7. The van der Waals surface area contributed by atoms with Gasteiger partial charge in [0.15, 0.2) is 5.96 Å². The van der Waals surface area contributed by atoms with Crippen LogP contribution in [0.2, 0.25) is 0 Å². The fraction of sp³-hybridized carbons (Fsp3) is 0.343. The Morgan fingerprint density at radius 1 is 1.09 bits per heavy atom. The zero-order valence-corrected chi connectivity index (χ0v) is 27.2. The lowest BCUT2D eigenvalue weighted by molar-refractivity contribution is 0.201. The highest BCUT2D eigenvalue weighted by Crippen LogP contribution is 2.30. The number of aromatic nitrogens is 1. The summed E-state index contributed by atoms with van der Waals surface area (Å²) < 4.78 is 33.8. The molecule has 11 heteroatoms. The largest absolute Gasteiger partial charge is 0.383 e. The molecule has 0 bridgehead atoms. The molecule has 1 saturated heterocycles. The first-order valence-electron chi connectivity index (χ1n) is 15.6. The number of aryl methyl sites for hydroxylation is 1. The molecule has 4 aromatic rings. The average molecular weight is 640 g/mol. The van der Waals surface area contributed by atoms with Crippen LogP contribution in [0.1, 0.15) is 37.3 Å². The molecule has 2 heterocycles. The predicted molar refractivity (Wildman–Crippen MR) is 184 cm³/mol. The number of nitrogens with two attached hydrogens (primary N) is 1. The number of benzene rings is 3. The van der Waals surface area contributed by atoms with Gasteiger partial charge in [-0.1, -0.05) is 50.1 Å². The number of anilines is 2. The quantitative estimate of drug-likeness (QED) is 0.100. The normalized spacial score (nSPS) is 14.2. The van der Waals surface area contributed by atoms with Crippen molar-refractivity contribution >= 4 is 38.4 Å². The van der Waals surface area contributed by atoms with Crippen molar-refractivity contribution in [2.24, 2.45) is 10.9 Å². The molecule has 3 aromatic carbocycles. The maximum Gasteiger partial charge on any atom is 0.243 e. The molecule has 0 amide bonds. The number of sulfonamides is 1. The molecule has 0 aliphatic carbocycles. The second kappa shape index (κ2) is 15.2. The topological polar surface area (TPSA) is 146 Å².